The maximum absolute atomic E-state index is 12.6. The van der Waals surface area contributed by atoms with Crippen LogP contribution in [0.25, 0.3) is 0 Å². The molecule has 0 bridgehead atoms. The fourth-order valence-electron chi connectivity index (χ4n) is 3.28. The van der Waals surface area contributed by atoms with Crippen molar-refractivity contribution in [3.63, 3.8) is 0 Å². The van der Waals surface area contributed by atoms with Crippen LogP contribution in [0.15, 0.2) is 24.3 Å². The number of piperazine rings is 1. The molecule has 2 saturated heterocycles. The van der Waals surface area contributed by atoms with Gasteiger partial charge in [0.05, 0.1) is 6.61 Å². The molecular formula is C17H25N3O2. The van der Waals surface area contributed by atoms with Gasteiger partial charge in [-0.05, 0) is 44.2 Å². The molecule has 2 fully saturated rings. The van der Waals surface area contributed by atoms with E-state index in [1.807, 2.05) is 36.1 Å². The van der Waals surface area contributed by atoms with E-state index in [0.29, 0.717) is 12.6 Å². The number of hydrogen-bond acceptors (Lipinski definition) is 4. The molecule has 1 amide bonds. The molecule has 22 heavy (non-hydrogen) atoms. The van der Waals surface area contributed by atoms with Crippen LogP contribution in [-0.2, 0) is 0 Å². The molecule has 0 aliphatic carbocycles. The minimum atomic E-state index is 0.132. The first-order valence-electron chi connectivity index (χ1n) is 8.25. The average molecular weight is 303 g/mol. The third kappa shape index (κ3) is 3.42. The molecular weight excluding hydrogens is 278 g/mol. The lowest BCUT2D eigenvalue weighted by Gasteiger charge is -2.37. The lowest BCUT2D eigenvalue weighted by molar-refractivity contribution is 0.0584. The van der Waals surface area contributed by atoms with Crippen molar-refractivity contribution in [1.29, 1.82) is 0 Å². The quantitative estimate of drug-likeness (QED) is 0.908. The summed E-state index contributed by atoms with van der Waals surface area (Å²) in [5.41, 5.74) is 0.749. The molecule has 2 aliphatic heterocycles. The van der Waals surface area contributed by atoms with Crippen molar-refractivity contribution < 1.29 is 9.53 Å². The van der Waals surface area contributed by atoms with Crippen LogP contribution >= 0.6 is 0 Å². The predicted molar refractivity (Wildman–Crippen MR) is 86.4 cm³/mol. The van der Waals surface area contributed by atoms with E-state index in [0.717, 1.165) is 50.6 Å². The van der Waals surface area contributed by atoms with Crippen LogP contribution in [0.5, 0.6) is 5.75 Å². The van der Waals surface area contributed by atoms with E-state index >= 15 is 0 Å². The van der Waals surface area contributed by atoms with Gasteiger partial charge in [0.1, 0.15) is 5.75 Å². The molecule has 1 atom stereocenters. The molecule has 0 radical (unpaired) electrons. The van der Waals surface area contributed by atoms with Crippen LogP contribution in [0.2, 0.25) is 0 Å². The number of nitrogens with one attached hydrogen (secondary N) is 1. The minimum absolute atomic E-state index is 0.132. The van der Waals surface area contributed by atoms with Crippen molar-refractivity contribution in [1.82, 2.24) is 15.1 Å². The van der Waals surface area contributed by atoms with Crippen LogP contribution in [0.1, 0.15) is 23.7 Å². The van der Waals surface area contributed by atoms with E-state index in [1.165, 1.54) is 6.42 Å². The third-order valence-electron chi connectivity index (χ3n) is 4.56. The second-order valence-corrected chi connectivity index (χ2v) is 5.93. The second-order valence-electron chi connectivity index (χ2n) is 5.93. The van der Waals surface area contributed by atoms with Crippen LogP contribution in [0.3, 0.4) is 0 Å². The Hall–Kier alpha value is -1.59. The number of rotatable bonds is 4. The molecule has 5 nitrogen and oxygen atoms in total. The maximum atomic E-state index is 12.6. The summed E-state index contributed by atoms with van der Waals surface area (Å²) in [4.78, 5) is 17.0. The molecule has 3 rings (SSSR count). The zero-order chi connectivity index (χ0) is 15.4. The smallest absolute Gasteiger partial charge is 0.253 e. The fourth-order valence-corrected chi connectivity index (χ4v) is 3.28. The highest BCUT2D eigenvalue weighted by Gasteiger charge is 2.28. The van der Waals surface area contributed by atoms with Crippen LogP contribution in [0.4, 0.5) is 0 Å². The Kier molecular flexibility index (Phi) is 4.95. The summed E-state index contributed by atoms with van der Waals surface area (Å²) in [6.45, 7) is 8.42. The molecule has 5 heteroatoms. The summed E-state index contributed by atoms with van der Waals surface area (Å²) in [5, 5.41) is 3.41. The van der Waals surface area contributed by atoms with Gasteiger partial charge in [-0.3, -0.25) is 9.69 Å². The number of nitrogens with zero attached hydrogens (tertiary/aromatic N) is 2. The van der Waals surface area contributed by atoms with Crippen molar-refractivity contribution in [2.75, 3.05) is 45.9 Å². The van der Waals surface area contributed by atoms with E-state index < -0.39 is 0 Å². The van der Waals surface area contributed by atoms with Crippen molar-refractivity contribution in [2.45, 2.75) is 19.4 Å². The first-order chi connectivity index (χ1) is 10.8. The molecule has 1 aromatic rings. The van der Waals surface area contributed by atoms with Gasteiger partial charge in [-0.1, -0.05) is 0 Å². The first-order valence-corrected chi connectivity index (χ1v) is 8.25. The molecule has 2 aliphatic rings. The maximum Gasteiger partial charge on any atom is 0.253 e. The Morgan fingerprint density at radius 2 is 1.95 bits per heavy atom. The molecule has 1 N–H and O–H groups in total. The molecule has 120 valence electrons. The number of benzene rings is 1. The molecule has 1 unspecified atom stereocenters. The molecule has 0 aromatic heterocycles. The highest BCUT2D eigenvalue weighted by atomic mass is 16.5. The van der Waals surface area contributed by atoms with Crippen LogP contribution in [0, 0.1) is 0 Å². The average Bonchev–Trinajstić information content (AvgIpc) is 3.10. The number of carbonyl (C=O) groups is 1. The summed E-state index contributed by atoms with van der Waals surface area (Å²) in [7, 11) is 0. The van der Waals surface area contributed by atoms with Crippen molar-refractivity contribution in [3.8, 4) is 5.75 Å². The predicted octanol–water partition coefficient (Wildman–Crippen LogP) is 1.20. The summed E-state index contributed by atoms with van der Waals surface area (Å²) >= 11 is 0. The zero-order valence-electron chi connectivity index (χ0n) is 13.3. The topological polar surface area (TPSA) is 44.8 Å². The summed E-state index contributed by atoms with van der Waals surface area (Å²) < 4.78 is 5.42. The van der Waals surface area contributed by atoms with Gasteiger partial charge >= 0.3 is 0 Å². The summed E-state index contributed by atoms with van der Waals surface area (Å²) in [6.07, 6.45) is 1.23. The van der Waals surface area contributed by atoms with Gasteiger partial charge in [-0.25, -0.2) is 0 Å². The molecule has 2 heterocycles. The highest BCUT2D eigenvalue weighted by Crippen LogP contribution is 2.16. The lowest BCUT2D eigenvalue weighted by atomic mass is 10.1. The highest BCUT2D eigenvalue weighted by molar-refractivity contribution is 5.94. The molecule has 0 spiro atoms. The Morgan fingerprint density at radius 1 is 1.23 bits per heavy atom. The van der Waals surface area contributed by atoms with E-state index in [-0.39, 0.29) is 5.91 Å². The van der Waals surface area contributed by atoms with E-state index in [1.54, 1.807) is 0 Å². The molecule has 0 saturated carbocycles. The normalized spacial score (nSPS) is 22.8. The Morgan fingerprint density at radius 3 is 2.55 bits per heavy atom. The van der Waals surface area contributed by atoms with Gasteiger partial charge in [0.15, 0.2) is 0 Å². The van der Waals surface area contributed by atoms with E-state index in [9.17, 15) is 4.79 Å². The standard InChI is InChI=1S/C17H25N3O2/c1-2-22-16-5-3-14(4-6-16)17(21)20-11-9-19(10-12-20)15-7-8-18-13-15/h3-6,15,18H,2,7-13H2,1H3. The number of hydrogen-bond donors (Lipinski definition) is 1. The SMILES string of the molecule is CCOc1ccc(C(=O)N2CCN(C3CCNC3)CC2)cc1. The van der Waals surface area contributed by atoms with Crippen molar-refractivity contribution in [3.05, 3.63) is 29.8 Å². The largest absolute Gasteiger partial charge is 0.494 e. The van der Waals surface area contributed by atoms with Gasteiger partial charge in [-0.15, -0.1) is 0 Å². The van der Waals surface area contributed by atoms with Crippen molar-refractivity contribution in [2.24, 2.45) is 0 Å². The van der Waals surface area contributed by atoms with Crippen LogP contribution in [-0.4, -0.2) is 67.6 Å². The third-order valence-corrected chi connectivity index (χ3v) is 4.56. The first kappa shape index (κ1) is 15.3. The van der Waals surface area contributed by atoms with E-state index in [4.69, 9.17) is 4.74 Å². The number of ether oxygens (including phenoxy) is 1. The summed E-state index contributed by atoms with van der Waals surface area (Å²) in [6, 6.07) is 8.12. The van der Waals surface area contributed by atoms with Gasteiger partial charge in [0, 0.05) is 44.3 Å². The monoisotopic (exact) mass is 303 g/mol. The lowest BCUT2D eigenvalue weighted by Crippen LogP contribution is -2.52. The molecule has 1 aromatic carbocycles. The van der Waals surface area contributed by atoms with Gasteiger partial charge in [0.25, 0.3) is 5.91 Å². The van der Waals surface area contributed by atoms with Crippen LogP contribution < -0.4 is 10.1 Å². The Bertz CT molecular complexity index is 489. The summed E-state index contributed by atoms with van der Waals surface area (Å²) in [5.74, 6) is 0.949. The van der Waals surface area contributed by atoms with Gasteiger partial charge in [0.2, 0.25) is 0 Å². The number of amides is 1. The minimum Gasteiger partial charge on any atom is -0.494 e. The Balaban J connectivity index is 1.54. The van der Waals surface area contributed by atoms with Gasteiger partial charge in [-0.2, -0.15) is 0 Å². The van der Waals surface area contributed by atoms with E-state index in [2.05, 4.69) is 10.2 Å². The second kappa shape index (κ2) is 7.11. The fraction of sp³-hybridized carbons (Fsp3) is 0.588. The zero-order valence-corrected chi connectivity index (χ0v) is 13.3. The Labute approximate surface area is 132 Å². The number of carbonyl (C=O) groups excluding carboxylic acids is 1. The van der Waals surface area contributed by atoms with Crippen molar-refractivity contribution >= 4 is 5.91 Å². The van der Waals surface area contributed by atoms with Gasteiger partial charge < -0.3 is 15.0 Å².